The Kier molecular flexibility index (Phi) is 21.3. The molecule has 1 spiro atoms. The summed E-state index contributed by atoms with van der Waals surface area (Å²) in [6.07, 6.45) is 33.0. The first-order valence-electron chi connectivity index (χ1n) is 26.9. The van der Waals surface area contributed by atoms with Gasteiger partial charge in [-0.05, 0) is 146 Å². The number of hydrogen-bond donors (Lipinski definition) is 2. The largest absolute Gasteiger partial charge is 0.462 e. The van der Waals surface area contributed by atoms with Crippen LogP contribution in [-0.2, 0) is 33.4 Å². The van der Waals surface area contributed by atoms with E-state index in [1.807, 2.05) is 13.0 Å². The van der Waals surface area contributed by atoms with Gasteiger partial charge in [-0.25, -0.2) is 0 Å². The van der Waals surface area contributed by atoms with Crippen molar-refractivity contribution in [3.8, 4) is 0 Å². The molecule has 370 valence electrons. The first-order valence-corrected chi connectivity index (χ1v) is 26.9. The normalized spacial score (nSPS) is 29.9. The van der Waals surface area contributed by atoms with Gasteiger partial charge < -0.3 is 29.3 Å². The SMILES string of the molecule is CCCCCCCCC(CCCCCCCC)OC(=O)CCCCCN(CCCCO)CCCCCC(=O)OCC(=O)C1(O)C(C)CC2C3CCC4=CC(=O)C=CC4(C)C34OC4CC21C. The highest BCUT2D eigenvalue weighted by molar-refractivity contribution is 6.01. The number of carbonyl (C=O) groups excluding carboxylic acids is 4. The van der Waals surface area contributed by atoms with Gasteiger partial charge >= 0.3 is 11.9 Å². The van der Waals surface area contributed by atoms with Gasteiger partial charge in [0.25, 0.3) is 0 Å². The lowest BCUT2D eigenvalue weighted by atomic mass is 9.46. The van der Waals surface area contributed by atoms with Crippen molar-refractivity contribution < 1.29 is 43.6 Å². The highest BCUT2D eigenvalue weighted by atomic mass is 16.6. The number of nitrogens with zero attached hydrogens (tertiary/aromatic N) is 1. The minimum absolute atomic E-state index is 0.0287. The fourth-order valence-corrected chi connectivity index (χ4v) is 13.1. The number of ketones is 2. The van der Waals surface area contributed by atoms with Crippen molar-refractivity contribution in [1.29, 1.82) is 0 Å². The van der Waals surface area contributed by atoms with Crippen LogP contribution in [0.25, 0.3) is 0 Å². The van der Waals surface area contributed by atoms with E-state index in [1.54, 1.807) is 12.2 Å². The van der Waals surface area contributed by atoms with Crippen LogP contribution in [0.5, 0.6) is 0 Å². The van der Waals surface area contributed by atoms with Crippen LogP contribution in [0.1, 0.15) is 214 Å². The Morgan fingerprint density at radius 2 is 1.35 bits per heavy atom. The Hall–Kier alpha value is -2.40. The average Bonchev–Trinajstić information content (AvgIpc) is 3.97. The van der Waals surface area contributed by atoms with E-state index in [9.17, 15) is 29.4 Å². The summed E-state index contributed by atoms with van der Waals surface area (Å²) in [7, 11) is 0. The van der Waals surface area contributed by atoms with Crippen LogP contribution >= 0.6 is 0 Å². The third kappa shape index (κ3) is 13.2. The van der Waals surface area contributed by atoms with Crippen molar-refractivity contribution in [2.75, 3.05) is 32.8 Å². The number of hydrogen-bond acceptors (Lipinski definition) is 10. The molecule has 1 heterocycles. The Labute approximate surface area is 393 Å². The second-order valence-electron chi connectivity index (χ2n) is 21.5. The van der Waals surface area contributed by atoms with E-state index in [0.717, 1.165) is 109 Å². The number of esters is 2. The van der Waals surface area contributed by atoms with E-state index < -0.39 is 35.0 Å². The fourth-order valence-electron chi connectivity index (χ4n) is 13.1. The number of allylic oxidation sites excluding steroid dienone is 2. The lowest BCUT2D eigenvalue weighted by molar-refractivity contribution is -0.171. The van der Waals surface area contributed by atoms with Crippen LogP contribution in [-0.4, -0.2) is 94.9 Å². The van der Waals surface area contributed by atoms with Crippen molar-refractivity contribution in [2.45, 2.75) is 238 Å². The molecule has 2 N–H and O–H groups in total. The smallest absolute Gasteiger partial charge is 0.306 e. The van der Waals surface area contributed by atoms with E-state index in [0.29, 0.717) is 25.7 Å². The van der Waals surface area contributed by atoms with Crippen molar-refractivity contribution in [3.63, 3.8) is 0 Å². The number of ether oxygens (including phenoxy) is 3. The lowest BCUT2D eigenvalue weighted by Crippen LogP contribution is -2.62. The molecule has 0 aromatic heterocycles. The van der Waals surface area contributed by atoms with Crippen LogP contribution in [0, 0.1) is 28.6 Å². The summed E-state index contributed by atoms with van der Waals surface area (Å²) in [6.45, 7) is 13.2. The molecule has 0 aromatic carbocycles. The van der Waals surface area contributed by atoms with Gasteiger partial charge in [0.1, 0.15) is 17.3 Å². The Balaban J connectivity index is 0.981. The predicted octanol–water partition coefficient (Wildman–Crippen LogP) is 11.1. The Morgan fingerprint density at radius 1 is 0.785 bits per heavy atom. The van der Waals surface area contributed by atoms with E-state index in [1.165, 1.54) is 64.2 Å². The van der Waals surface area contributed by atoms with Crippen molar-refractivity contribution in [3.05, 3.63) is 23.8 Å². The first-order chi connectivity index (χ1) is 31.3. The summed E-state index contributed by atoms with van der Waals surface area (Å²) in [4.78, 5) is 54.5. The minimum Gasteiger partial charge on any atom is -0.462 e. The molecule has 8 atom stereocenters. The van der Waals surface area contributed by atoms with Crippen LogP contribution in [0.15, 0.2) is 23.8 Å². The van der Waals surface area contributed by atoms with Gasteiger partial charge in [-0.2, -0.15) is 0 Å². The molecule has 10 nitrogen and oxygen atoms in total. The van der Waals surface area contributed by atoms with Gasteiger partial charge in [-0.3, -0.25) is 19.2 Å². The minimum atomic E-state index is -1.61. The van der Waals surface area contributed by atoms with E-state index in [4.69, 9.17) is 14.2 Å². The van der Waals surface area contributed by atoms with E-state index in [2.05, 4.69) is 32.6 Å². The van der Waals surface area contributed by atoms with Crippen LogP contribution in [0.3, 0.4) is 0 Å². The summed E-state index contributed by atoms with van der Waals surface area (Å²) >= 11 is 0. The third-order valence-corrected chi connectivity index (χ3v) is 17.0. The van der Waals surface area contributed by atoms with E-state index in [-0.39, 0.29) is 60.2 Å². The maximum absolute atomic E-state index is 14.0. The molecule has 3 saturated carbocycles. The lowest BCUT2D eigenvalue weighted by Gasteiger charge is -2.55. The summed E-state index contributed by atoms with van der Waals surface area (Å²) in [6, 6.07) is 0. The zero-order valence-electron chi connectivity index (χ0n) is 41.7. The van der Waals surface area contributed by atoms with Crippen molar-refractivity contribution in [2.24, 2.45) is 28.6 Å². The fraction of sp³-hybridized carbons (Fsp3) is 0.855. The number of aliphatic hydroxyl groups excluding tert-OH is 1. The predicted molar refractivity (Wildman–Crippen MR) is 257 cm³/mol. The maximum atomic E-state index is 14.0. The molecule has 8 unspecified atom stereocenters. The highest BCUT2D eigenvalue weighted by Gasteiger charge is 2.82. The molecule has 4 aliphatic carbocycles. The van der Waals surface area contributed by atoms with Crippen LogP contribution in [0.4, 0.5) is 0 Å². The van der Waals surface area contributed by atoms with E-state index >= 15 is 0 Å². The molecule has 4 fully saturated rings. The van der Waals surface area contributed by atoms with Gasteiger partial charge in [0.05, 0.1) is 6.10 Å². The third-order valence-electron chi connectivity index (χ3n) is 17.0. The molecule has 1 aliphatic heterocycles. The quantitative estimate of drug-likeness (QED) is 0.0364. The zero-order valence-corrected chi connectivity index (χ0v) is 41.7. The topological polar surface area (TPSA) is 143 Å². The molecule has 10 heteroatoms. The number of carbonyl (C=O) groups is 4. The molecule has 65 heavy (non-hydrogen) atoms. The summed E-state index contributed by atoms with van der Waals surface area (Å²) < 4.78 is 18.3. The number of unbranched alkanes of at least 4 members (excludes halogenated alkanes) is 15. The second-order valence-corrected chi connectivity index (χ2v) is 21.5. The van der Waals surface area contributed by atoms with Gasteiger partial charge in [0.2, 0.25) is 5.78 Å². The highest BCUT2D eigenvalue weighted by Crippen LogP contribution is 2.76. The summed E-state index contributed by atoms with van der Waals surface area (Å²) in [5.74, 6) is -0.867. The number of epoxide rings is 1. The summed E-state index contributed by atoms with van der Waals surface area (Å²) in [5.41, 5.74) is -1.95. The molecular weight excluding hydrogens is 819 g/mol. The van der Waals surface area contributed by atoms with Crippen molar-refractivity contribution in [1.82, 2.24) is 4.90 Å². The molecule has 5 rings (SSSR count). The standard InChI is InChI=1S/C55H91NO9/c1-6-8-10-12-14-18-26-45(27-19-15-13-11-9-7-2)64-51(61)29-21-17-23-35-56(36-24-25-37-57)34-22-16-20-28-50(60)63-41-48(59)54(62)42(3)38-47-46-31-30-43-39-44(58)32-33-52(43,4)55(46)49(65-55)40-53(47,54)5/h32-33,39,42,45-47,49,57,62H,6-31,34-38,40-41H2,1-5H3. The number of rotatable bonds is 34. The monoisotopic (exact) mass is 910 g/mol. The van der Waals surface area contributed by atoms with Crippen LogP contribution < -0.4 is 0 Å². The molecule has 5 aliphatic rings. The molecule has 1 saturated heterocycles. The first kappa shape index (κ1) is 53.6. The zero-order chi connectivity index (χ0) is 46.9. The second kappa shape index (κ2) is 25.8. The average molecular weight is 910 g/mol. The Bertz CT molecular complexity index is 1580. The molecule has 0 aromatic rings. The molecule has 0 radical (unpaired) electrons. The molecule has 0 amide bonds. The number of aliphatic hydroxyl groups is 2. The van der Waals surface area contributed by atoms with Gasteiger partial charge in [0, 0.05) is 30.3 Å². The summed E-state index contributed by atoms with van der Waals surface area (Å²) in [5, 5.41) is 21.8. The number of Topliss-reactive ketones (excluding diaryl/α,β-unsaturated/α-hetero) is 1. The van der Waals surface area contributed by atoms with Crippen LogP contribution in [0.2, 0.25) is 0 Å². The van der Waals surface area contributed by atoms with Crippen molar-refractivity contribution >= 4 is 23.5 Å². The van der Waals surface area contributed by atoms with Gasteiger partial charge in [-0.15, -0.1) is 0 Å². The molecule has 0 bridgehead atoms. The van der Waals surface area contributed by atoms with Gasteiger partial charge in [0.15, 0.2) is 12.4 Å². The molecular formula is C55H91NO9. The van der Waals surface area contributed by atoms with Gasteiger partial charge in [-0.1, -0.05) is 116 Å². The maximum Gasteiger partial charge on any atom is 0.306 e. The number of fused-ring (bicyclic) bond motifs is 3. The Morgan fingerprint density at radius 3 is 1.97 bits per heavy atom.